The molecule has 2 amide bonds. The van der Waals surface area contributed by atoms with Gasteiger partial charge in [-0.05, 0) is 58.6 Å². The van der Waals surface area contributed by atoms with Crippen LogP contribution in [-0.2, 0) is 16.0 Å². The Bertz CT molecular complexity index is 667. The van der Waals surface area contributed by atoms with Crippen LogP contribution in [0.15, 0.2) is 18.2 Å². The number of amides is 2. The molecule has 1 aliphatic heterocycles. The van der Waals surface area contributed by atoms with Crippen LogP contribution in [0.25, 0.3) is 0 Å². The number of ether oxygens (including phenoxy) is 2. The van der Waals surface area contributed by atoms with Gasteiger partial charge >= 0.3 is 6.09 Å². The van der Waals surface area contributed by atoms with Crippen molar-refractivity contribution in [2.24, 2.45) is 5.92 Å². The standard InChI is InChI=1S/C21H32N2O4/c1-15-8-9-18(26-5)16(13-15)10-11-22-19(24)17-7-6-12-23(14-17)20(25)27-21(2,3)4/h8-9,13,17H,6-7,10-12,14H2,1-5H3,(H,22,24). The van der Waals surface area contributed by atoms with Crippen molar-refractivity contribution in [1.29, 1.82) is 0 Å². The highest BCUT2D eigenvalue weighted by molar-refractivity contribution is 5.80. The average Bonchev–Trinajstić information content (AvgIpc) is 2.60. The Kier molecular flexibility index (Phi) is 7.11. The smallest absolute Gasteiger partial charge is 0.410 e. The first-order valence-corrected chi connectivity index (χ1v) is 9.59. The van der Waals surface area contributed by atoms with E-state index in [0.717, 1.165) is 29.7 Å². The molecule has 1 aliphatic rings. The second-order valence-corrected chi connectivity index (χ2v) is 8.12. The summed E-state index contributed by atoms with van der Waals surface area (Å²) in [5, 5.41) is 3.01. The van der Waals surface area contributed by atoms with Crippen molar-refractivity contribution in [3.8, 4) is 5.75 Å². The lowest BCUT2D eigenvalue weighted by Crippen LogP contribution is -2.47. The highest BCUT2D eigenvalue weighted by Gasteiger charge is 2.30. The van der Waals surface area contributed by atoms with Gasteiger partial charge in [0, 0.05) is 19.6 Å². The first kappa shape index (κ1) is 21.1. The van der Waals surface area contributed by atoms with Crippen molar-refractivity contribution in [3.63, 3.8) is 0 Å². The van der Waals surface area contributed by atoms with Crippen molar-refractivity contribution < 1.29 is 19.1 Å². The zero-order valence-corrected chi connectivity index (χ0v) is 17.1. The first-order valence-electron chi connectivity index (χ1n) is 9.59. The van der Waals surface area contributed by atoms with Crippen LogP contribution >= 0.6 is 0 Å². The lowest BCUT2D eigenvalue weighted by atomic mass is 9.97. The SMILES string of the molecule is COc1ccc(C)cc1CCNC(=O)C1CCCN(C(=O)OC(C)(C)C)C1. The molecule has 6 nitrogen and oxygen atoms in total. The predicted molar refractivity (Wildman–Crippen MR) is 105 cm³/mol. The lowest BCUT2D eigenvalue weighted by molar-refractivity contribution is -0.126. The summed E-state index contributed by atoms with van der Waals surface area (Å²) < 4.78 is 10.8. The Balaban J connectivity index is 1.85. The van der Waals surface area contributed by atoms with Gasteiger partial charge in [-0.15, -0.1) is 0 Å². The minimum Gasteiger partial charge on any atom is -0.496 e. The van der Waals surface area contributed by atoms with E-state index in [1.54, 1.807) is 12.0 Å². The van der Waals surface area contributed by atoms with Gasteiger partial charge in [0.25, 0.3) is 0 Å². The third kappa shape index (κ3) is 6.45. The molecular formula is C21H32N2O4. The van der Waals surface area contributed by atoms with Crippen LogP contribution in [0.2, 0.25) is 0 Å². The normalized spacial score (nSPS) is 17.4. The minimum absolute atomic E-state index is 0.00474. The second kappa shape index (κ2) is 9.11. The summed E-state index contributed by atoms with van der Waals surface area (Å²) in [6.45, 7) is 9.17. The Morgan fingerprint density at radius 1 is 1.30 bits per heavy atom. The summed E-state index contributed by atoms with van der Waals surface area (Å²) in [6.07, 6.45) is 1.96. The van der Waals surface area contributed by atoms with Crippen molar-refractivity contribution in [2.45, 2.75) is 52.6 Å². The molecular weight excluding hydrogens is 344 g/mol. The van der Waals surface area contributed by atoms with Crippen LogP contribution < -0.4 is 10.1 Å². The molecule has 150 valence electrons. The maximum Gasteiger partial charge on any atom is 0.410 e. The van der Waals surface area contributed by atoms with Crippen molar-refractivity contribution >= 4 is 12.0 Å². The molecule has 0 radical (unpaired) electrons. The topological polar surface area (TPSA) is 67.9 Å². The summed E-state index contributed by atoms with van der Waals surface area (Å²) in [5.74, 6) is 0.643. The monoisotopic (exact) mass is 376 g/mol. The summed E-state index contributed by atoms with van der Waals surface area (Å²) in [7, 11) is 1.65. The third-order valence-corrected chi connectivity index (χ3v) is 4.57. The second-order valence-electron chi connectivity index (χ2n) is 8.12. The van der Waals surface area contributed by atoms with Crippen molar-refractivity contribution in [2.75, 3.05) is 26.7 Å². The molecule has 1 N–H and O–H groups in total. The van der Waals surface area contributed by atoms with E-state index in [0.29, 0.717) is 26.1 Å². The first-order chi connectivity index (χ1) is 12.7. The Labute approximate surface area is 162 Å². The van der Waals surface area contributed by atoms with Crippen LogP contribution in [-0.4, -0.2) is 49.2 Å². The molecule has 0 spiro atoms. The number of piperidine rings is 1. The molecule has 6 heteroatoms. The zero-order chi connectivity index (χ0) is 20.0. The Morgan fingerprint density at radius 3 is 2.70 bits per heavy atom. The molecule has 0 bridgehead atoms. The number of rotatable bonds is 5. The van der Waals surface area contributed by atoms with E-state index in [2.05, 4.69) is 11.4 Å². The number of methoxy groups -OCH3 is 1. The van der Waals surface area contributed by atoms with Gasteiger partial charge in [0.1, 0.15) is 11.4 Å². The third-order valence-electron chi connectivity index (χ3n) is 4.57. The molecule has 0 aliphatic carbocycles. The Morgan fingerprint density at radius 2 is 2.04 bits per heavy atom. The lowest BCUT2D eigenvalue weighted by Gasteiger charge is -2.33. The highest BCUT2D eigenvalue weighted by atomic mass is 16.6. The van der Waals surface area contributed by atoms with Gasteiger partial charge in [0.2, 0.25) is 5.91 Å². The van der Waals surface area contributed by atoms with E-state index in [4.69, 9.17) is 9.47 Å². The summed E-state index contributed by atoms with van der Waals surface area (Å²) in [5.41, 5.74) is 1.72. The van der Waals surface area contributed by atoms with Gasteiger partial charge in [0.05, 0.1) is 13.0 Å². The molecule has 27 heavy (non-hydrogen) atoms. The van der Waals surface area contributed by atoms with Crippen LogP contribution in [0.3, 0.4) is 0 Å². The molecule has 1 heterocycles. The number of likely N-dealkylation sites (tertiary alicyclic amines) is 1. The maximum absolute atomic E-state index is 12.5. The molecule has 1 aromatic carbocycles. The molecule has 1 aromatic rings. The summed E-state index contributed by atoms with van der Waals surface area (Å²) in [4.78, 5) is 26.4. The van der Waals surface area contributed by atoms with Crippen molar-refractivity contribution in [1.82, 2.24) is 10.2 Å². The molecule has 1 saturated heterocycles. The van der Waals surface area contributed by atoms with Crippen LogP contribution in [0.1, 0.15) is 44.7 Å². The fraction of sp³-hybridized carbons (Fsp3) is 0.619. The van der Waals surface area contributed by atoms with E-state index in [9.17, 15) is 9.59 Å². The van der Waals surface area contributed by atoms with Crippen LogP contribution in [0.4, 0.5) is 4.79 Å². The molecule has 2 rings (SSSR count). The van der Waals surface area contributed by atoms with Gasteiger partial charge in [-0.1, -0.05) is 17.7 Å². The number of nitrogens with one attached hydrogen (secondary N) is 1. The molecule has 0 aromatic heterocycles. The number of carbonyl (C=O) groups excluding carboxylic acids is 2. The van der Waals surface area contributed by atoms with E-state index in [-0.39, 0.29) is 17.9 Å². The van der Waals surface area contributed by atoms with Gasteiger partial charge in [-0.3, -0.25) is 4.79 Å². The Hall–Kier alpha value is -2.24. The quantitative estimate of drug-likeness (QED) is 0.856. The maximum atomic E-state index is 12.5. The largest absolute Gasteiger partial charge is 0.496 e. The van der Waals surface area contributed by atoms with E-state index >= 15 is 0 Å². The summed E-state index contributed by atoms with van der Waals surface area (Å²) >= 11 is 0. The van der Waals surface area contributed by atoms with Gasteiger partial charge < -0.3 is 19.7 Å². The van der Waals surface area contributed by atoms with Crippen molar-refractivity contribution in [3.05, 3.63) is 29.3 Å². The number of hydrogen-bond donors (Lipinski definition) is 1. The summed E-state index contributed by atoms with van der Waals surface area (Å²) in [6, 6.07) is 6.04. The number of benzene rings is 1. The van der Waals surface area contributed by atoms with Crippen LogP contribution in [0.5, 0.6) is 5.75 Å². The van der Waals surface area contributed by atoms with Crippen LogP contribution in [0, 0.1) is 12.8 Å². The van der Waals surface area contributed by atoms with E-state index < -0.39 is 5.60 Å². The van der Waals surface area contributed by atoms with Gasteiger partial charge in [-0.2, -0.15) is 0 Å². The molecule has 1 unspecified atom stereocenters. The van der Waals surface area contributed by atoms with Gasteiger partial charge in [-0.25, -0.2) is 4.79 Å². The average molecular weight is 376 g/mol. The van der Waals surface area contributed by atoms with E-state index in [1.165, 1.54) is 0 Å². The fourth-order valence-electron chi connectivity index (χ4n) is 3.25. The number of carbonyl (C=O) groups is 2. The fourth-order valence-corrected chi connectivity index (χ4v) is 3.25. The number of nitrogens with zero attached hydrogens (tertiary/aromatic N) is 1. The molecule has 0 saturated carbocycles. The minimum atomic E-state index is -0.529. The van der Waals surface area contributed by atoms with E-state index in [1.807, 2.05) is 39.8 Å². The number of aryl methyl sites for hydroxylation is 1. The predicted octanol–water partition coefficient (Wildman–Crippen LogP) is 3.31. The van der Waals surface area contributed by atoms with Gasteiger partial charge in [0.15, 0.2) is 0 Å². The zero-order valence-electron chi connectivity index (χ0n) is 17.1. The highest BCUT2D eigenvalue weighted by Crippen LogP contribution is 2.21. The molecule has 1 fully saturated rings. The molecule has 1 atom stereocenters. The number of hydrogen-bond acceptors (Lipinski definition) is 4.